The van der Waals surface area contributed by atoms with Crippen molar-refractivity contribution in [2.45, 2.75) is 73.0 Å². The van der Waals surface area contributed by atoms with Crippen molar-refractivity contribution in [1.29, 1.82) is 0 Å². The highest BCUT2D eigenvalue weighted by molar-refractivity contribution is 8.03. The molecule has 0 aromatic carbocycles. The first kappa shape index (κ1) is 18.5. The lowest BCUT2D eigenvalue weighted by Gasteiger charge is -2.44. The van der Waals surface area contributed by atoms with Crippen LogP contribution in [0, 0.1) is 5.92 Å². The fraction of sp³-hybridized carbons (Fsp3) is 0.824. The molecule has 1 saturated heterocycles. The summed E-state index contributed by atoms with van der Waals surface area (Å²) in [5.74, 6) is 2.67. The van der Waals surface area contributed by atoms with Gasteiger partial charge in [0, 0.05) is 18.3 Å². The first-order valence-electron chi connectivity index (χ1n) is 9.16. The SMILES string of the molecule is CCCCSc1nnc(SCC(=O)N2CCCC3CCCCC32)s1. The van der Waals surface area contributed by atoms with Crippen LogP contribution in [0.4, 0.5) is 0 Å². The summed E-state index contributed by atoms with van der Waals surface area (Å²) in [6.07, 6.45) is 10.1. The molecule has 4 nitrogen and oxygen atoms in total. The summed E-state index contributed by atoms with van der Waals surface area (Å²) in [5.41, 5.74) is 0. The zero-order chi connectivity index (χ0) is 16.8. The van der Waals surface area contributed by atoms with Crippen LogP contribution in [-0.2, 0) is 4.79 Å². The van der Waals surface area contributed by atoms with Crippen LogP contribution in [0.5, 0.6) is 0 Å². The predicted octanol–water partition coefficient (Wildman–Crippen LogP) is 4.70. The molecule has 0 bridgehead atoms. The highest BCUT2D eigenvalue weighted by atomic mass is 32.2. The highest BCUT2D eigenvalue weighted by Gasteiger charge is 2.35. The van der Waals surface area contributed by atoms with Gasteiger partial charge >= 0.3 is 0 Å². The third-order valence-electron chi connectivity index (χ3n) is 4.99. The summed E-state index contributed by atoms with van der Waals surface area (Å²) in [5, 5.41) is 8.46. The molecule has 3 rings (SSSR count). The second-order valence-electron chi connectivity index (χ2n) is 6.67. The molecule has 24 heavy (non-hydrogen) atoms. The number of nitrogens with zero attached hydrogens (tertiary/aromatic N) is 3. The molecule has 1 amide bonds. The fourth-order valence-electron chi connectivity index (χ4n) is 3.76. The molecule has 1 aromatic rings. The number of likely N-dealkylation sites (tertiary alicyclic amines) is 1. The minimum atomic E-state index is 0.298. The van der Waals surface area contributed by atoms with Crippen molar-refractivity contribution in [2.75, 3.05) is 18.1 Å². The molecule has 2 atom stereocenters. The second-order valence-corrected chi connectivity index (χ2v) is 10.2. The molecule has 1 aliphatic carbocycles. The third-order valence-corrected chi connectivity index (χ3v) is 8.25. The lowest BCUT2D eigenvalue weighted by atomic mass is 9.78. The summed E-state index contributed by atoms with van der Waals surface area (Å²) >= 11 is 4.97. The topological polar surface area (TPSA) is 46.1 Å². The van der Waals surface area contributed by atoms with Crippen LogP contribution in [0.1, 0.15) is 58.3 Å². The maximum absolute atomic E-state index is 12.7. The van der Waals surface area contributed by atoms with Gasteiger partial charge in [-0.2, -0.15) is 0 Å². The van der Waals surface area contributed by atoms with Crippen LogP contribution in [0.3, 0.4) is 0 Å². The van der Waals surface area contributed by atoms with Crippen LogP contribution in [0.25, 0.3) is 0 Å². The van der Waals surface area contributed by atoms with Crippen molar-refractivity contribution in [2.24, 2.45) is 5.92 Å². The number of hydrogen-bond acceptors (Lipinski definition) is 6. The van der Waals surface area contributed by atoms with E-state index in [9.17, 15) is 4.79 Å². The minimum Gasteiger partial charge on any atom is -0.339 e. The Hall–Kier alpha value is -0.270. The lowest BCUT2D eigenvalue weighted by molar-refractivity contribution is -0.134. The van der Waals surface area contributed by atoms with Crippen molar-refractivity contribution in [1.82, 2.24) is 15.1 Å². The van der Waals surface area contributed by atoms with E-state index in [1.807, 2.05) is 0 Å². The fourth-order valence-corrected chi connectivity index (χ4v) is 6.82. The van der Waals surface area contributed by atoms with Gasteiger partial charge in [0.15, 0.2) is 8.68 Å². The summed E-state index contributed by atoms with van der Waals surface area (Å²) in [7, 11) is 0. The number of aromatic nitrogens is 2. The monoisotopic (exact) mass is 385 g/mol. The summed E-state index contributed by atoms with van der Waals surface area (Å²) in [6.45, 7) is 3.15. The van der Waals surface area contributed by atoms with Crippen molar-refractivity contribution in [3.63, 3.8) is 0 Å². The Labute approximate surface area is 157 Å². The van der Waals surface area contributed by atoms with E-state index in [0.717, 1.165) is 26.9 Å². The number of thioether (sulfide) groups is 2. The molecule has 1 aliphatic heterocycles. The Balaban J connectivity index is 1.48. The molecule has 7 heteroatoms. The number of unbranched alkanes of at least 4 members (excludes halogenated alkanes) is 1. The first-order valence-corrected chi connectivity index (χ1v) is 11.9. The molecular weight excluding hydrogens is 358 g/mol. The molecule has 0 spiro atoms. The minimum absolute atomic E-state index is 0.298. The van der Waals surface area contributed by atoms with Crippen molar-refractivity contribution < 1.29 is 4.79 Å². The number of hydrogen-bond donors (Lipinski definition) is 0. The third kappa shape index (κ3) is 4.88. The standard InChI is InChI=1S/C17H27N3OS3/c1-2-3-11-22-16-18-19-17(24-16)23-12-15(21)20-10-6-8-13-7-4-5-9-14(13)20/h13-14H,2-12H2,1H3. The van der Waals surface area contributed by atoms with E-state index in [-0.39, 0.29) is 0 Å². The second kappa shape index (κ2) is 9.43. The number of carbonyl (C=O) groups excluding carboxylic acids is 1. The van der Waals surface area contributed by atoms with E-state index in [4.69, 9.17) is 0 Å². The largest absolute Gasteiger partial charge is 0.339 e. The Bertz CT molecular complexity index is 535. The molecule has 1 saturated carbocycles. The zero-order valence-corrected chi connectivity index (χ0v) is 16.9. The van der Waals surface area contributed by atoms with Gasteiger partial charge in [0.05, 0.1) is 5.75 Å². The van der Waals surface area contributed by atoms with Crippen LogP contribution in [-0.4, -0.2) is 45.1 Å². The Kier molecular flexibility index (Phi) is 7.28. The van der Waals surface area contributed by atoms with Gasteiger partial charge in [-0.3, -0.25) is 4.79 Å². The number of carbonyl (C=O) groups is 1. The molecule has 1 aromatic heterocycles. The number of rotatable bonds is 7. The Morgan fingerprint density at radius 1 is 1.17 bits per heavy atom. The maximum Gasteiger partial charge on any atom is 0.233 e. The van der Waals surface area contributed by atoms with Crippen molar-refractivity contribution >= 4 is 40.8 Å². The quantitative estimate of drug-likeness (QED) is 0.503. The average molecular weight is 386 g/mol. The molecule has 2 unspecified atom stereocenters. The maximum atomic E-state index is 12.7. The van der Waals surface area contributed by atoms with Crippen LogP contribution in [0.15, 0.2) is 8.68 Å². The van der Waals surface area contributed by atoms with Gasteiger partial charge in [-0.15, -0.1) is 10.2 Å². The Morgan fingerprint density at radius 2 is 1.92 bits per heavy atom. The molecule has 2 fully saturated rings. The van der Waals surface area contributed by atoms with Gasteiger partial charge in [-0.25, -0.2) is 0 Å². The first-order chi connectivity index (χ1) is 11.8. The van der Waals surface area contributed by atoms with Gasteiger partial charge < -0.3 is 4.90 Å². The van der Waals surface area contributed by atoms with Crippen molar-refractivity contribution in [3.8, 4) is 0 Å². The molecule has 0 radical (unpaired) electrons. The van der Waals surface area contributed by atoms with Crippen LogP contribution < -0.4 is 0 Å². The average Bonchev–Trinajstić information content (AvgIpc) is 3.07. The van der Waals surface area contributed by atoms with Gasteiger partial charge in [0.2, 0.25) is 5.91 Å². The van der Waals surface area contributed by atoms with Crippen molar-refractivity contribution in [3.05, 3.63) is 0 Å². The van der Waals surface area contributed by atoms with Crippen LogP contribution >= 0.6 is 34.9 Å². The lowest BCUT2D eigenvalue weighted by Crippen LogP contribution is -2.50. The van der Waals surface area contributed by atoms with Gasteiger partial charge in [0.1, 0.15) is 0 Å². The van der Waals surface area contributed by atoms with Crippen LogP contribution in [0.2, 0.25) is 0 Å². The van der Waals surface area contributed by atoms with E-state index >= 15 is 0 Å². The predicted molar refractivity (Wildman–Crippen MR) is 103 cm³/mol. The van der Waals surface area contributed by atoms with E-state index < -0.39 is 0 Å². The molecule has 0 N–H and O–H groups in total. The Morgan fingerprint density at radius 3 is 2.75 bits per heavy atom. The molecular formula is C17H27N3OS3. The number of amides is 1. The summed E-state index contributed by atoms with van der Waals surface area (Å²) in [4.78, 5) is 14.9. The van der Waals surface area contributed by atoms with Gasteiger partial charge in [0.25, 0.3) is 0 Å². The van der Waals surface area contributed by atoms with Gasteiger partial charge in [-0.1, -0.05) is 61.0 Å². The highest BCUT2D eigenvalue weighted by Crippen LogP contribution is 2.36. The molecule has 2 aliphatic rings. The normalized spacial score (nSPS) is 24.0. The van der Waals surface area contributed by atoms with E-state index in [0.29, 0.717) is 17.7 Å². The zero-order valence-electron chi connectivity index (χ0n) is 14.4. The summed E-state index contributed by atoms with van der Waals surface area (Å²) < 4.78 is 1.96. The molecule has 2 heterocycles. The smallest absolute Gasteiger partial charge is 0.233 e. The van der Waals surface area contributed by atoms with E-state index in [2.05, 4.69) is 22.0 Å². The number of fused-ring (bicyclic) bond motifs is 1. The molecule has 134 valence electrons. The number of piperidine rings is 1. The van der Waals surface area contributed by atoms with E-state index in [1.165, 1.54) is 51.4 Å². The van der Waals surface area contributed by atoms with E-state index in [1.54, 1.807) is 34.9 Å². The summed E-state index contributed by atoms with van der Waals surface area (Å²) in [6, 6.07) is 0.509. The van der Waals surface area contributed by atoms with Gasteiger partial charge in [-0.05, 0) is 38.0 Å².